The second-order valence-electron chi connectivity index (χ2n) is 3.76. The third-order valence-electron chi connectivity index (χ3n) is 2.42. The van der Waals surface area contributed by atoms with Crippen LogP contribution >= 0.6 is 11.6 Å². The lowest BCUT2D eigenvalue weighted by atomic mass is 10.0. The summed E-state index contributed by atoms with van der Waals surface area (Å²) in [6, 6.07) is 13.4. The maximum absolute atomic E-state index is 10.5. The summed E-state index contributed by atoms with van der Waals surface area (Å²) < 4.78 is 0. The van der Waals surface area contributed by atoms with Crippen molar-refractivity contribution in [3.63, 3.8) is 0 Å². The molecule has 0 amide bonds. The fourth-order valence-electron chi connectivity index (χ4n) is 1.66. The van der Waals surface area contributed by atoms with E-state index < -0.39 is 0 Å². The summed E-state index contributed by atoms with van der Waals surface area (Å²) >= 11 is 6.00. The third-order valence-corrected chi connectivity index (χ3v) is 2.64. The number of aliphatic hydroxyl groups is 1. The number of aryl methyl sites for hydroxylation is 1. The lowest BCUT2D eigenvalue weighted by molar-refractivity contribution is 0.112. The quantitative estimate of drug-likeness (QED) is 0.837. The second kappa shape index (κ2) is 6.94. The predicted octanol–water partition coefficient (Wildman–Crippen LogP) is 3.74. The van der Waals surface area contributed by atoms with Crippen molar-refractivity contribution in [2.75, 3.05) is 7.11 Å². The van der Waals surface area contributed by atoms with Crippen molar-refractivity contribution >= 4 is 17.9 Å². The Morgan fingerprint density at radius 3 is 2.11 bits per heavy atom. The van der Waals surface area contributed by atoms with Crippen molar-refractivity contribution in [3.05, 3.63) is 58.6 Å². The number of aldehydes is 1. The molecule has 2 aromatic carbocycles. The molecule has 0 aromatic heterocycles. The molecule has 2 aromatic rings. The van der Waals surface area contributed by atoms with Crippen LogP contribution in [-0.2, 0) is 0 Å². The third kappa shape index (κ3) is 3.69. The zero-order chi connectivity index (χ0) is 13.5. The number of hydrogen-bond donors (Lipinski definition) is 1. The van der Waals surface area contributed by atoms with Gasteiger partial charge in [-0.05, 0) is 35.7 Å². The van der Waals surface area contributed by atoms with Gasteiger partial charge in [-0.1, -0.05) is 41.9 Å². The van der Waals surface area contributed by atoms with Crippen LogP contribution in [0.3, 0.4) is 0 Å². The highest BCUT2D eigenvalue weighted by atomic mass is 35.5. The van der Waals surface area contributed by atoms with Crippen LogP contribution in [0.4, 0.5) is 0 Å². The van der Waals surface area contributed by atoms with E-state index in [1.165, 1.54) is 0 Å². The summed E-state index contributed by atoms with van der Waals surface area (Å²) in [6.45, 7) is 2.01. The normalized spacial score (nSPS) is 9.33. The molecule has 0 spiro atoms. The number of halogens is 1. The molecule has 3 heteroatoms. The topological polar surface area (TPSA) is 37.3 Å². The van der Waals surface area contributed by atoms with E-state index in [9.17, 15) is 4.79 Å². The average molecular weight is 263 g/mol. The number of hydrogen-bond acceptors (Lipinski definition) is 2. The molecule has 0 radical (unpaired) electrons. The van der Waals surface area contributed by atoms with E-state index in [0.29, 0.717) is 5.56 Å². The summed E-state index contributed by atoms with van der Waals surface area (Å²) in [5.41, 5.74) is 3.95. The van der Waals surface area contributed by atoms with Gasteiger partial charge in [0.05, 0.1) is 0 Å². The molecule has 2 nitrogen and oxygen atoms in total. The Morgan fingerprint density at radius 1 is 1.00 bits per heavy atom. The average Bonchev–Trinajstić information content (AvgIpc) is 2.40. The minimum absolute atomic E-state index is 0.683. The Balaban J connectivity index is 0.000000771. The summed E-state index contributed by atoms with van der Waals surface area (Å²) in [5.74, 6) is 0. The number of rotatable bonds is 2. The summed E-state index contributed by atoms with van der Waals surface area (Å²) in [4.78, 5) is 10.5. The number of benzene rings is 2. The van der Waals surface area contributed by atoms with Crippen LogP contribution in [0.25, 0.3) is 11.1 Å². The first-order chi connectivity index (χ1) is 8.69. The van der Waals surface area contributed by atoms with Gasteiger partial charge in [0.25, 0.3) is 0 Å². The lowest BCUT2D eigenvalue weighted by Crippen LogP contribution is -1.82. The zero-order valence-electron chi connectivity index (χ0n) is 10.4. The lowest BCUT2D eigenvalue weighted by Gasteiger charge is -2.04. The SMILES string of the molecule is CO.Cc1cc(Cl)cc(-c2ccc(C=O)cc2)c1. The monoisotopic (exact) mass is 262 g/mol. The van der Waals surface area contributed by atoms with Gasteiger partial charge in [-0.25, -0.2) is 0 Å². The van der Waals surface area contributed by atoms with Gasteiger partial charge in [-0.3, -0.25) is 4.79 Å². The Hall–Kier alpha value is -1.64. The highest BCUT2D eigenvalue weighted by molar-refractivity contribution is 6.30. The van der Waals surface area contributed by atoms with Gasteiger partial charge < -0.3 is 5.11 Å². The maximum Gasteiger partial charge on any atom is 0.150 e. The predicted molar refractivity (Wildman–Crippen MR) is 75.2 cm³/mol. The van der Waals surface area contributed by atoms with E-state index in [-0.39, 0.29) is 0 Å². The first kappa shape index (κ1) is 14.4. The van der Waals surface area contributed by atoms with Crippen LogP contribution in [0.2, 0.25) is 5.02 Å². The summed E-state index contributed by atoms with van der Waals surface area (Å²) in [6.07, 6.45) is 0.840. The minimum atomic E-state index is 0.683. The standard InChI is InChI=1S/C14H11ClO.CH4O/c1-10-6-13(8-14(15)7-10)12-4-2-11(9-16)3-5-12;1-2/h2-9H,1H3;2H,1H3. The molecular formula is C15H15ClO2. The summed E-state index contributed by atoms with van der Waals surface area (Å²) in [7, 11) is 1.00. The molecule has 18 heavy (non-hydrogen) atoms. The van der Waals surface area contributed by atoms with E-state index in [4.69, 9.17) is 16.7 Å². The number of aliphatic hydroxyl groups excluding tert-OH is 1. The Morgan fingerprint density at radius 2 is 1.61 bits per heavy atom. The Bertz CT molecular complexity index is 498. The van der Waals surface area contributed by atoms with Gasteiger partial charge in [-0.15, -0.1) is 0 Å². The molecule has 94 valence electrons. The van der Waals surface area contributed by atoms with Crippen molar-refractivity contribution in [3.8, 4) is 11.1 Å². The molecule has 0 saturated carbocycles. The number of carbonyl (C=O) groups excluding carboxylic acids is 1. The van der Waals surface area contributed by atoms with Crippen molar-refractivity contribution in [1.82, 2.24) is 0 Å². The van der Waals surface area contributed by atoms with E-state index >= 15 is 0 Å². The molecular weight excluding hydrogens is 248 g/mol. The first-order valence-corrected chi connectivity index (χ1v) is 5.84. The van der Waals surface area contributed by atoms with Gasteiger partial charge in [0.2, 0.25) is 0 Å². The smallest absolute Gasteiger partial charge is 0.150 e. The molecule has 0 heterocycles. The Labute approximate surface area is 112 Å². The molecule has 0 unspecified atom stereocenters. The fourth-order valence-corrected chi connectivity index (χ4v) is 1.95. The molecule has 0 aliphatic heterocycles. The highest BCUT2D eigenvalue weighted by Crippen LogP contribution is 2.24. The van der Waals surface area contributed by atoms with Crippen LogP contribution in [0.1, 0.15) is 15.9 Å². The molecule has 0 bridgehead atoms. The molecule has 0 aliphatic rings. The zero-order valence-corrected chi connectivity index (χ0v) is 11.1. The van der Waals surface area contributed by atoms with E-state index in [1.54, 1.807) is 12.1 Å². The van der Waals surface area contributed by atoms with E-state index in [0.717, 1.165) is 35.1 Å². The van der Waals surface area contributed by atoms with Gasteiger partial charge in [0.15, 0.2) is 0 Å². The fraction of sp³-hybridized carbons (Fsp3) is 0.133. The van der Waals surface area contributed by atoms with E-state index in [2.05, 4.69) is 6.07 Å². The highest BCUT2D eigenvalue weighted by Gasteiger charge is 2.00. The van der Waals surface area contributed by atoms with Crippen molar-refractivity contribution in [1.29, 1.82) is 0 Å². The number of carbonyl (C=O) groups is 1. The molecule has 0 fully saturated rings. The van der Waals surface area contributed by atoms with Crippen molar-refractivity contribution < 1.29 is 9.90 Å². The van der Waals surface area contributed by atoms with Gasteiger partial charge in [0, 0.05) is 17.7 Å². The van der Waals surface area contributed by atoms with Crippen LogP contribution in [0.5, 0.6) is 0 Å². The summed E-state index contributed by atoms with van der Waals surface area (Å²) in [5, 5.41) is 7.73. The largest absolute Gasteiger partial charge is 0.400 e. The second-order valence-corrected chi connectivity index (χ2v) is 4.19. The van der Waals surface area contributed by atoms with E-state index in [1.807, 2.05) is 31.2 Å². The molecule has 0 aliphatic carbocycles. The van der Waals surface area contributed by atoms with Crippen LogP contribution < -0.4 is 0 Å². The van der Waals surface area contributed by atoms with Crippen molar-refractivity contribution in [2.45, 2.75) is 6.92 Å². The van der Waals surface area contributed by atoms with Crippen molar-refractivity contribution in [2.24, 2.45) is 0 Å². The van der Waals surface area contributed by atoms with Crippen LogP contribution in [0, 0.1) is 6.92 Å². The maximum atomic E-state index is 10.5. The Kier molecular flexibility index (Phi) is 5.56. The van der Waals surface area contributed by atoms with Crippen LogP contribution in [-0.4, -0.2) is 18.5 Å². The van der Waals surface area contributed by atoms with Gasteiger partial charge >= 0.3 is 0 Å². The molecule has 1 N–H and O–H groups in total. The minimum Gasteiger partial charge on any atom is -0.400 e. The van der Waals surface area contributed by atoms with Crippen LogP contribution in [0.15, 0.2) is 42.5 Å². The first-order valence-electron chi connectivity index (χ1n) is 5.46. The molecule has 0 saturated heterocycles. The molecule has 2 rings (SSSR count). The molecule has 0 atom stereocenters. The van der Waals surface area contributed by atoms with Gasteiger partial charge in [0.1, 0.15) is 6.29 Å². The van der Waals surface area contributed by atoms with Gasteiger partial charge in [-0.2, -0.15) is 0 Å².